The molecule has 4 rings (SSSR count). The van der Waals surface area contributed by atoms with Crippen LogP contribution in [-0.4, -0.2) is 28.6 Å². The zero-order valence-electron chi connectivity index (χ0n) is 15.9. The first kappa shape index (κ1) is 19.5. The first-order chi connectivity index (χ1) is 14.6. The number of hydrogen-bond acceptors (Lipinski definition) is 4. The molecule has 0 bridgehead atoms. The Balaban J connectivity index is 1.76. The smallest absolute Gasteiger partial charge is 0.274 e. The number of hydroxylamine groups is 1. The van der Waals surface area contributed by atoms with Gasteiger partial charge in [-0.1, -0.05) is 18.2 Å². The van der Waals surface area contributed by atoms with Gasteiger partial charge in [-0.25, -0.2) is 9.87 Å². The summed E-state index contributed by atoms with van der Waals surface area (Å²) in [7, 11) is 0. The highest BCUT2D eigenvalue weighted by molar-refractivity contribution is 6.30. The van der Waals surface area contributed by atoms with Gasteiger partial charge in [0.2, 0.25) is 0 Å². The molecule has 0 saturated heterocycles. The molecule has 2 N–H and O–H groups in total. The van der Waals surface area contributed by atoms with Gasteiger partial charge < -0.3 is 4.90 Å². The summed E-state index contributed by atoms with van der Waals surface area (Å²) in [4.78, 5) is 30.9. The number of carbonyl (C=O) groups excluding carboxylic acids is 2. The SMILES string of the molecule is O=C(NO)c1ccc2c(c1)N(C(=O)/C(=C\c1ccncc1)c1ccc(F)cc1)CC2. The topological polar surface area (TPSA) is 82.5 Å². The third kappa shape index (κ3) is 3.83. The van der Waals surface area contributed by atoms with E-state index in [1.54, 1.807) is 71.3 Å². The fraction of sp³-hybridized carbons (Fsp3) is 0.0870. The van der Waals surface area contributed by atoms with E-state index in [1.165, 1.54) is 12.1 Å². The van der Waals surface area contributed by atoms with Crippen LogP contribution < -0.4 is 10.4 Å². The number of halogens is 1. The summed E-state index contributed by atoms with van der Waals surface area (Å²) < 4.78 is 13.4. The molecule has 2 amide bonds. The maximum atomic E-state index is 13.5. The molecular weight excluding hydrogens is 385 g/mol. The maximum absolute atomic E-state index is 13.5. The minimum atomic E-state index is -0.650. The van der Waals surface area contributed by atoms with E-state index in [2.05, 4.69) is 4.98 Å². The lowest BCUT2D eigenvalue weighted by Crippen LogP contribution is -2.30. The van der Waals surface area contributed by atoms with Crippen LogP contribution >= 0.6 is 0 Å². The summed E-state index contributed by atoms with van der Waals surface area (Å²) in [6.07, 6.45) is 5.64. The van der Waals surface area contributed by atoms with Crippen molar-refractivity contribution in [1.82, 2.24) is 10.5 Å². The van der Waals surface area contributed by atoms with Gasteiger partial charge >= 0.3 is 0 Å². The second kappa shape index (κ2) is 8.26. The van der Waals surface area contributed by atoms with Crippen LogP contribution in [0.3, 0.4) is 0 Å². The zero-order chi connectivity index (χ0) is 21.1. The molecule has 0 radical (unpaired) electrons. The van der Waals surface area contributed by atoms with Gasteiger partial charge in [0.1, 0.15) is 5.82 Å². The molecule has 7 heteroatoms. The number of carbonyl (C=O) groups is 2. The Kier molecular flexibility index (Phi) is 5.36. The Hall–Kier alpha value is -3.84. The van der Waals surface area contributed by atoms with Gasteiger partial charge in [-0.3, -0.25) is 19.8 Å². The third-order valence-corrected chi connectivity index (χ3v) is 4.99. The second-order valence-corrected chi connectivity index (χ2v) is 6.84. The van der Waals surface area contributed by atoms with Crippen molar-refractivity contribution in [3.8, 4) is 0 Å². The Morgan fingerprint density at radius 3 is 2.43 bits per heavy atom. The zero-order valence-corrected chi connectivity index (χ0v) is 15.9. The molecule has 0 spiro atoms. The first-order valence-electron chi connectivity index (χ1n) is 9.33. The minimum absolute atomic E-state index is 0.248. The highest BCUT2D eigenvalue weighted by atomic mass is 19.1. The molecule has 1 aliphatic heterocycles. The van der Waals surface area contributed by atoms with E-state index >= 15 is 0 Å². The van der Waals surface area contributed by atoms with Crippen molar-refractivity contribution in [2.24, 2.45) is 0 Å². The molecule has 1 aliphatic rings. The number of anilines is 1. The van der Waals surface area contributed by atoms with Crippen molar-refractivity contribution in [3.63, 3.8) is 0 Å². The average Bonchev–Trinajstić information content (AvgIpc) is 3.21. The number of nitrogens with zero attached hydrogens (tertiary/aromatic N) is 2. The quantitative estimate of drug-likeness (QED) is 0.397. The Labute approximate surface area is 172 Å². The summed E-state index contributed by atoms with van der Waals surface area (Å²) in [6.45, 7) is 0.452. The summed E-state index contributed by atoms with van der Waals surface area (Å²) in [5.41, 5.74) is 5.16. The number of pyridine rings is 1. The van der Waals surface area contributed by atoms with Crippen molar-refractivity contribution < 1.29 is 19.2 Å². The molecule has 0 unspecified atom stereocenters. The van der Waals surface area contributed by atoms with Crippen LogP contribution in [0.4, 0.5) is 10.1 Å². The van der Waals surface area contributed by atoms with Crippen LogP contribution in [0.1, 0.15) is 27.0 Å². The molecule has 0 fully saturated rings. The molecule has 3 aromatic rings. The molecule has 30 heavy (non-hydrogen) atoms. The van der Waals surface area contributed by atoms with Gasteiger partial charge in [-0.15, -0.1) is 0 Å². The van der Waals surface area contributed by atoms with Crippen LogP contribution in [0.2, 0.25) is 0 Å². The van der Waals surface area contributed by atoms with Crippen LogP contribution in [0, 0.1) is 5.82 Å². The summed E-state index contributed by atoms with van der Waals surface area (Å²) in [5.74, 6) is -1.30. The lowest BCUT2D eigenvalue weighted by atomic mass is 10.0. The van der Waals surface area contributed by atoms with Crippen molar-refractivity contribution in [3.05, 3.63) is 95.1 Å². The number of aromatic nitrogens is 1. The number of nitrogens with one attached hydrogen (secondary N) is 1. The summed E-state index contributed by atoms with van der Waals surface area (Å²) >= 11 is 0. The lowest BCUT2D eigenvalue weighted by molar-refractivity contribution is -0.113. The number of rotatable bonds is 4. The highest BCUT2D eigenvalue weighted by Gasteiger charge is 2.28. The van der Waals surface area contributed by atoms with E-state index in [0.717, 1.165) is 11.1 Å². The fourth-order valence-corrected chi connectivity index (χ4v) is 3.47. The van der Waals surface area contributed by atoms with Crippen LogP contribution in [0.25, 0.3) is 11.6 Å². The van der Waals surface area contributed by atoms with E-state index in [4.69, 9.17) is 5.21 Å². The van der Waals surface area contributed by atoms with Gasteiger partial charge in [-0.05, 0) is 65.6 Å². The van der Waals surface area contributed by atoms with Crippen LogP contribution in [-0.2, 0) is 11.2 Å². The monoisotopic (exact) mass is 403 g/mol. The van der Waals surface area contributed by atoms with Crippen molar-refractivity contribution >= 4 is 29.2 Å². The Morgan fingerprint density at radius 2 is 1.73 bits per heavy atom. The number of hydrogen-bond donors (Lipinski definition) is 2. The Bertz CT molecular complexity index is 1130. The maximum Gasteiger partial charge on any atom is 0.274 e. The molecule has 6 nitrogen and oxygen atoms in total. The van der Waals surface area contributed by atoms with E-state index in [1.807, 2.05) is 0 Å². The summed E-state index contributed by atoms with van der Waals surface area (Å²) in [6, 6.07) is 14.3. The van der Waals surface area contributed by atoms with Gasteiger partial charge in [-0.2, -0.15) is 0 Å². The van der Waals surface area contributed by atoms with Gasteiger partial charge in [0.25, 0.3) is 11.8 Å². The predicted molar refractivity (Wildman–Crippen MR) is 110 cm³/mol. The van der Waals surface area contributed by atoms with Crippen LogP contribution in [0.5, 0.6) is 0 Å². The van der Waals surface area contributed by atoms with Gasteiger partial charge in [0.05, 0.1) is 0 Å². The molecule has 0 saturated carbocycles. The largest absolute Gasteiger partial charge is 0.308 e. The lowest BCUT2D eigenvalue weighted by Gasteiger charge is -2.20. The van der Waals surface area contributed by atoms with Crippen LogP contribution in [0.15, 0.2) is 67.0 Å². The van der Waals surface area contributed by atoms with Gasteiger partial charge in [0.15, 0.2) is 0 Å². The molecule has 150 valence electrons. The van der Waals surface area contributed by atoms with E-state index in [9.17, 15) is 14.0 Å². The molecule has 0 atom stereocenters. The molecule has 2 aromatic carbocycles. The average molecular weight is 403 g/mol. The summed E-state index contributed by atoms with van der Waals surface area (Å²) in [5, 5.41) is 8.91. The van der Waals surface area contributed by atoms with E-state index in [-0.39, 0.29) is 17.3 Å². The molecule has 1 aromatic heterocycles. The standard InChI is InChI=1S/C23H18FN3O3/c24-19-5-3-16(4-6-19)20(13-15-7-10-25-11-8-15)23(29)27-12-9-17-1-2-18(14-21(17)27)22(28)26-30/h1-8,10-11,13-14,30H,9,12H2,(H,26,28)/b20-13-. The number of benzene rings is 2. The van der Waals surface area contributed by atoms with E-state index in [0.29, 0.717) is 29.8 Å². The number of amides is 2. The van der Waals surface area contributed by atoms with Crippen molar-refractivity contribution in [2.45, 2.75) is 6.42 Å². The van der Waals surface area contributed by atoms with E-state index < -0.39 is 5.91 Å². The number of fused-ring (bicyclic) bond motifs is 1. The minimum Gasteiger partial charge on any atom is -0.308 e. The normalized spacial score (nSPS) is 13.1. The molecule has 2 heterocycles. The Morgan fingerprint density at radius 1 is 1.03 bits per heavy atom. The van der Waals surface area contributed by atoms with Crippen molar-refractivity contribution in [1.29, 1.82) is 0 Å². The predicted octanol–water partition coefficient (Wildman–Crippen LogP) is 3.47. The highest BCUT2D eigenvalue weighted by Crippen LogP contribution is 2.32. The van der Waals surface area contributed by atoms with Gasteiger partial charge in [0, 0.05) is 35.8 Å². The van der Waals surface area contributed by atoms with Crippen molar-refractivity contribution in [2.75, 3.05) is 11.4 Å². The fourth-order valence-electron chi connectivity index (χ4n) is 3.47. The first-order valence-corrected chi connectivity index (χ1v) is 9.33. The molecular formula is C23H18FN3O3. The molecule has 0 aliphatic carbocycles. The second-order valence-electron chi connectivity index (χ2n) is 6.84. The third-order valence-electron chi connectivity index (χ3n) is 4.99.